The number of ether oxygens (including phenoxy) is 1. The highest BCUT2D eigenvalue weighted by Gasteiger charge is 2.16. The van der Waals surface area contributed by atoms with E-state index in [1.165, 1.54) is 10.8 Å². The van der Waals surface area contributed by atoms with Crippen molar-refractivity contribution >= 4 is 46.4 Å². The molecule has 8 nitrogen and oxygen atoms in total. The molecule has 0 aliphatic heterocycles. The fourth-order valence-electron chi connectivity index (χ4n) is 2.50. The number of carbonyl (C=O) groups excluding carboxylic acids is 2. The van der Waals surface area contributed by atoms with Gasteiger partial charge in [0.05, 0.1) is 6.61 Å². The predicted molar refractivity (Wildman–Crippen MR) is 117 cm³/mol. The van der Waals surface area contributed by atoms with Gasteiger partial charge in [-0.25, -0.2) is 4.79 Å². The standard InChI is InChI=1S/C21H24N4O4S/c1-5-25-19(27)17(30-20(25)16(11-22)21(28)29-6-2)12-23-14-8-7-9-15(10-14)24-18(26)13(3)4/h7-10,12-13,23H,5-6H2,1-4H3,(H,24,26)/b17-12+,20-16-. The SMILES string of the molecule is CCOC(=O)/C(C#N)=c1\s/c(=C/Nc2cccc(NC(=O)C(C)C)c2)c(=O)n1CC. The smallest absolute Gasteiger partial charge is 0.351 e. The number of nitrogens with one attached hydrogen (secondary N) is 2. The summed E-state index contributed by atoms with van der Waals surface area (Å²) in [7, 11) is 0. The molecule has 0 saturated heterocycles. The second-order valence-corrected chi connectivity index (χ2v) is 7.57. The van der Waals surface area contributed by atoms with Gasteiger partial charge in [0.25, 0.3) is 5.56 Å². The van der Waals surface area contributed by atoms with E-state index in [0.717, 1.165) is 11.3 Å². The highest BCUT2D eigenvalue weighted by atomic mass is 32.1. The summed E-state index contributed by atoms with van der Waals surface area (Å²) >= 11 is 1.04. The quantitative estimate of drug-likeness (QED) is 0.648. The minimum absolute atomic E-state index is 0.0941. The highest BCUT2D eigenvalue weighted by molar-refractivity contribution is 7.07. The minimum atomic E-state index is -0.753. The molecule has 0 radical (unpaired) electrons. The van der Waals surface area contributed by atoms with Crippen molar-refractivity contribution in [2.75, 3.05) is 17.2 Å². The van der Waals surface area contributed by atoms with Gasteiger partial charge in [0, 0.05) is 30.0 Å². The number of esters is 1. The molecule has 0 spiro atoms. The maximum Gasteiger partial charge on any atom is 0.351 e. The van der Waals surface area contributed by atoms with Crippen molar-refractivity contribution < 1.29 is 14.3 Å². The Hall–Kier alpha value is -3.38. The van der Waals surface area contributed by atoms with Crippen LogP contribution in [0.1, 0.15) is 27.7 Å². The summed E-state index contributed by atoms with van der Waals surface area (Å²) < 4.78 is 6.88. The third-order valence-corrected chi connectivity index (χ3v) is 5.18. The molecule has 30 heavy (non-hydrogen) atoms. The van der Waals surface area contributed by atoms with E-state index in [-0.39, 0.29) is 34.2 Å². The Labute approximate surface area is 178 Å². The van der Waals surface area contributed by atoms with Gasteiger partial charge in [0.1, 0.15) is 15.3 Å². The zero-order valence-corrected chi connectivity index (χ0v) is 18.1. The van der Waals surface area contributed by atoms with Crippen LogP contribution in [-0.4, -0.2) is 23.1 Å². The third kappa shape index (κ3) is 5.36. The van der Waals surface area contributed by atoms with Crippen LogP contribution in [0.25, 0.3) is 11.8 Å². The van der Waals surface area contributed by atoms with E-state index >= 15 is 0 Å². The lowest BCUT2D eigenvalue weighted by atomic mass is 10.2. The predicted octanol–water partition coefficient (Wildman–Crippen LogP) is 1.61. The zero-order chi connectivity index (χ0) is 22.3. The van der Waals surface area contributed by atoms with E-state index in [1.54, 1.807) is 52.0 Å². The second kappa shape index (κ2) is 10.4. The number of nitrogens with zero attached hydrogens (tertiary/aromatic N) is 2. The summed E-state index contributed by atoms with van der Waals surface area (Å²) in [5.41, 5.74) is 0.793. The van der Waals surface area contributed by atoms with E-state index in [4.69, 9.17) is 4.74 Å². The summed E-state index contributed by atoms with van der Waals surface area (Å²) in [6.45, 7) is 7.46. The molecule has 0 fully saturated rings. The molecule has 2 aromatic rings. The van der Waals surface area contributed by atoms with Crippen LogP contribution in [-0.2, 0) is 20.9 Å². The first-order valence-corrected chi connectivity index (χ1v) is 10.3. The number of thiazole rings is 1. The fourth-order valence-corrected chi connectivity index (χ4v) is 3.58. The van der Waals surface area contributed by atoms with Gasteiger partial charge in [-0.3, -0.25) is 14.2 Å². The summed E-state index contributed by atoms with van der Waals surface area (Å²) in [6, 6.07) is 8.93. The van der Waals surface area contributed by atoms with Crippen LogP contribution in [0.2, 0.25) is 0 Å². The molecule has 9 heteroatoms. The molecule has 2 rings (SSSR count). The Morgan fingerprint density at radius 3 is 2.60 bits per heavy atom. The monoisotopic (exact) mass is 428 g/mol. The van der Waals surface area contributed by atoms with Crippen molar-refractivity contribution in [1.29, 1.82) is 5.26 Å². The van der Waals surface area contributed by atoms with E-state index in [1.807, 2.05) is 6.07 Å². The molecule has 0 atom stereocenters. The zero-order valence-electron chi connectivity index (χ0n) is 17.3. The first-order valence-electron chi connectivity index (χ1n) is 9.51. The molecular formula is C21H24N4O4S. The first kappa shape index (κ1) is 22.9. The van der Waals surface area contributed by atoms with Crippen LogP contribution < -0.4 is 25.4 Å². The van der Waals surface area contributed by atoms with Crippen molar-refractivity contribution in [3.05, 3.63) is 43.8 Å². The lowest BCUT2D eigenvalue weighted by Gasteiger charge is -2.09. The van der Waals surface area contributed by atoms with Gasteiger partial charge in [0.15, 0.2) is 5.57 Å². The Bertz CT molecular complexity index is 1150. The molecule has 1 amide bonds. The van der Waals surface area contributed by atoms with E-state index in [0.29, 0.717) is 22.5 Å². The van der Waals surface area contributed by atoms with Gasteiger partial charge < -0.3 is 15.4 Å². The number of carbonyl (C=O) groups is 2. The lowest BCUT2D eigenvalue weighted by Crippen LogP contribution is -2.32. The van der Waals surface area contributed by atoms with Crippen molar-refractivity contribution in [2.24, 2.45) is 5.92 Å². The molecule has 158 valence electrons. The maximum absolute atomic E-state index is 12.7. The molecule has 0 saturated carbocycles. The Morgan fingerprint density at radius 2 is 2.00 bits per heavy atom. The number of aromatic nitrogens is 1. The summed E-state index contributed by atoms with van der Waals surface area (Å²) in [4.78, 5) is 36.6. The first-order chi connectivity index (χ1) is 14.3. The topological polar surface area (TPSA) is 113 Å². The molecular weight excluding hydrogens is 404 g/mol. The molecule has 1 aromatic heterocycles. The number of hydrogen-bond donors (Lipinski definition) is 2. The number of rotatable bonds is 7. The lowest BCUT2D eigenvalue weighted by molar-refractivity contribution is -0.136. The maximum atomic E-state index is 12.7. The average molecular weight is 429 g/mol. The van der Waals surface area contributed by atoms with Crippen molar-refractivity contribution in [3.63, 3.8) is 0 Å². The number of hydrogen-bond acceptors (Lipinski definition) is 7. The van der Waals surface area contributed by atoms with E-state index in [9.17, 15) is 19.6 Å². The molecule has 0 bridgehead atoms. The molecule has 0 aliphatic rings. The van der Waals surface area contributed by atoms with Gasteiger partial charge in [-0.05, 0) is 32.0 Å². The number of amides is 1. The third-order valence-electron chi connectivity index (χ3n) is 4.05. The van der Waals surface area contributed by atoms with Gasteiger partial charge in [-0.15, -0.1) is 11.3 Å². The molecule has 0 unspecified atom stereocenters. The van der Waals surface area contributed by atoms with E-state index in [2.05, 4.69) is 10.6 Å². The Kier molecular flexibility index (Phi) is 7.95. The summed E-state index contributed by atoms with van der Waals surface area (Å²) in [5, 5.41) is 15.2. The van der Waals surface area contributed by atoms with Crippen LogP contribution >= 0.6 is 11.3 Å². The van der Waals surface area contributed by atoms with Crippen LogP contribution in [0, 0.1) is 17.2 Å². The van der Waals surface area contributed by atoms with Crippen molar-refractivity contribution in [2.45, 2.75) is 34.2 Å². The second-order valence-electron chi connectivity index (χ2n) is 6.54. The fraction of sp³-hybridized carbons (Fsp3) is 0.333. The number of nitriles is 1. The number of benzene rings is 1. The van der Waals surface area contributed by atoms with Crippen LogP contribution in [0.3, 0.4) is 0 Å². The molecule has 0 aliphatic carbocycles. The largest absolute Gasteiger partial charge is 0.462 e. The van der Waals surface area contributed by atoms with E-state index < -0.39 is 5.97 Å². The van der Waals surface area contributed by atoms with Gasteiger partial charge in [0.2, 0.25) is 5.91 Å². The molecule has 1 aromatic carbocycles. The van der Waals surface area contributed by atoms with Gasteiger partial charge in [-0.1, -0.05) is 19.9 Å². The van der Waals surface area contributed by atoms with Gasteiger partial charge >= 0.3 is 5.97 Å². The number of anilines is 2. The van der Waals surface area contributed by atoms with Crippen LogP contribution in [0.4, 0.5) is 11.4 Å². The van der Waals surface area contributed by atoms with Crippen molar-refractivity contribution in [3.8, 4) is 6.07 Å². The van der Waals surface area contributed by atoms with Gasteiger partial charge in [-0.2, -0.15) is 5.26 Å². The average Bonchev–Trinajstić information content (AvgIpc) is 3.02. The highest BCUT2D eigenvalue weighted by Crippen LogP contribution is 2.15. The molecule has 2 N–H and O–H groups in total. The minimum Gasteiger partial charge on any atom is -0.462 e. The molecule has 1 heterocycles. The normalized spacial score (nSPS) is 12.3. The Balaban J connectivity index is 2.44. The summed E-state index contributed by atoms with van der Waals surface area (Å²) in [5.74, 6) is -0.991. The van der Waals surface area contributed by atoms with Crippen molar-refractivity contribution in [1.82, 2.24) is 4.57 Å². The van der Waals surface area contributed by atoms with Crippen LogP contribution in [0.15, 0.2) is 29.1 Å². The summed E-state index contributed by atoms with van der Waals surface area (Å²) in [6.07, 6.45) is 1.52. The Morgan fingerprint density at radius 1 is 1.30 bits per heavy atom. The van der Waals surface area contributed by atoms with Crippen LogP contribution in [0.5, 0.6) is 0 Å².